The van der Waals surface area contributed by atoms with E-state index in [1.807, 2.05) is 6.07 Å². The van der Waals surface area contributed by atoms with E-state index in [4.69, 9.17) is 5.11 Å². The molecule has 2 aliphatic carbocycles. The van der Waals surface area contributed by atoms with Gasteiger partial charge in [-0.3, -0.25) is 0 Å². The molecule has 0 radical (unpaired) electrons. The minimum Gasteiger partial charge on any atom is -0.478 e. The molecule has 0 bridgehead atoms. The zero-order chi connectivity index (χ0) is 17.8. The SMILES string of the molecule is CCC[C@H]1CC[C@H]([C@H]2CC[C@H](c3ccc(C(=O)O)c(F)c3)CC2)CC1. The number of rotatable bonds is 5. The molecular weight excluding hydrogens is 315 g/mol. The Bertz CT molecular complexity index is 582. The first-order chi connectivity index (χ1) is 12.1. The number of aromatic carboxylic acids is 1. The zero-order valence-electron chi connectivity index (χ0n) is 15.3. The molecule has 3 rings (SSSR count). The molecule has 1 N–H and O–H groups in total. The molecule has 0 amide bonds. The summed E-state index contributed by atoms with van der Waals surface area (Å²) in [6, 6.07) is 4.69. The van der Waals surface area contributed by atoms with Crippen molar-refractivity contribution in [3.8, 4) is 0 Å². The van der Waals surface area contributed by atoms with E-state index in [0.717, 1.165) is 36.2 Å². The van der Waals surface area contributed by atoms with Gasteiger partial charge in [0.05, 0.1) is 5.56 Å². The number of hydrogen-bond donors (Lipinski definition) is 1. The van der Waals surface area contributed by atoms with Crippen LogP contribution in [0.5, 0.6) is 0 Å². The van der Waals surface area contributed by atoms with E-state index >= 15 is 0 Å². The van der Waals surface area contributed by atoms with E-state index in [1.165, 1.54) is 63.5 Å². The number of benzene rings is 1. The molecule has 0 atom stereocenters. The van der Waals surface area contributed by atoms with E-state index in [-0.39, 0.29) is 5.56 Å². The van der Waals surface area contributed by atoms with Crippen LogP contribution in [0, 0.1) is 23.6 Å². The van der Waals surface area contributed by atoms with Crippen molar-refractivity contribution >= 4 is 5.97 Å². The average Bonchev–Trinajstić information content (AvgIpc) is 2.62. The van der Waals surface area contributed by atoms with E-state index < -0.39 is 11.8 Å². The largest absolute Gasteiger partial charge is 0.478 e. The van der Waals surface area contributed by atoms with Gasteiger partial charge in [0.2, 0.25) is 0 Å². The second kappa shape index (κ2) is 8.33. The fraction of sp³-hybridized carbons (Fsp3) is 0.682. The van der Waals surface area contributed by atoms with Crippen LogP contribution < -0.4 is 0 Å². The average molecular weight is 346 g/mol. The van der Waals surface area contributed by atoms with Crippen molar-refractivity contribution in [1.29, 1.82) is 0 Å². The molecule has 0 heterocycles. The van der Waals surface area contributed by atoms with E-state index in [9.17, 15) is 9.18 Å². The molecule has 0 saturated heterocycles. The molecule has 0 unspecified atom stereocenters. The maximum absolute atomic E-state index is 13.9. The highest BCUT2D eigenvalue weighted by Crippen LogP contribution is 2.44. The zero-order valence-corrected chi connectivity index (χ0v) is 15.3. The lowest BCUT2D eigenvalue weighted by molar-refractivity contribution is 0.0692. The van der Waals surface area contributed by atoms with Gasteiger partial charge in [-0.15, -0.1) is 0 Å². The maximum atomic E-state index is 13.9. The van der Waals surface area contributed by atoms with E-state index in [2.05, 4.69) is 6.92 Å². The Morgan fingerprint density at radius 2 is 1.64 bits per heavy atom. The normalized spacial score (nSPS) is 30.2. The Balaban J connectivity index is 1.52. The Labute approximate surface area is 150 Å². The summed E-state index contributed by atoms with van der Waals surface area (Å²) in [4.78, 5) is 11.0. The molecule has 0 spiro atoms. The lowest BCUT2D eigenvalue weighted by Crippen LogP contribution is -2.25. The summed E-state index contributed by atoms with van der Waals surface area (Å²) < 4.78 is 13.9. The van der Waals surface area contributed by atoms with E-state index in [1.54, 1.807) is 0 Å². The van der Waals surface area contributed by atoms with Gasteiger partial charge in [-0.1, -0.05) is 38.7 Å². The quantitative estimate of drug-likeness (QED) is 0.669. The predicted molar refractivity (Wildman–Crippen MR) is 98.4 cm³/mol. The van der Waals surface area contributed by atoms with Crippen molar-refractivity contribution in [2.75, 3.05) is 0 Å². The van der Waals surface area contributed by atoms with Crippen LogP contribution >= 0.6 is 0 Å². The second-order valence-corrected chi connectivity index (χ2v) is 8.23. The van der Waals surface area contributed by atoms with Crippen molar-refractivity contribution in [2.45, 2.75) is 77.0 Å². The minimum atomic E-state index is -1.19. The number of halogens is 1. The summed E-state index contributed by atoms with van der Waals surface area (Å²) in [5.74, 6) is 1.33. The Morgan fingerprint density at radius 3 is 2.16 bits per heavy atom. The van der Waals surface area contributed by atoms with Crippen molar-refractivity contribution in [3.63, 3.8) is 0 Å². The first-order valence-electron chi connectivity index (χ1n) is 10.1. The molecule has 138 valence electrons. The molecule has 25 heavy (non-hydrogen) atoms. The minimum absolute atomic E-state index is 0.221. The summed E-state index contributed by atoms with van der Waals surface area (Å²) in [5.41, 5.74) is 0.758. The summed E-state index contributed by atoms with van der Waals surface area (Å²) in [7, 11) is 0. The third kappa shape index (κ3) is 4.43. The van der Waals surface area contributed by atoms with Crippen LogP contribution in [-0.2, 0) is 0 Å². The molecule has 0 aliphatic heterocycles. The maximum Gasteiger partial charge on any atom is 0.338 e. The summed E-state index contributed by atoms with van der Waals surface area (Å²) >= 11 is 0. The van der Waals surface area contributed by atoms with Gasteiger partial charge in [-0.25, -0.2) is 9.18 Å². The number of carbonyl (C=O) groups is 1. The predicted octanol–water partition coefficient (Wildman–Crippen LogP) is 6.40. The Hall–Kier alpha value is -1.38. The van der Waals surface area contributed by atoms with Gasteiger partial charge < -0.3 is 5.11 Å². The molecule has 0 aromatic heterocycles. The number of carboxylic acid groups (broad SMARTS) is 1. The molecule has 2 saturated carbocycles. The molecule has 2 fully saturated rings. The van der Waals surface area contributed by atoms with Crippen LogP contribution in [0.3, 0.4) is 0 Å². The van der Waals surface area contributed by atoms with Crippen molar-refractivity contribution in [3.05, 3.63) is 35.1 Å². The van der Waals surface area contributed by atoms with Gasteiger partial charge >= 0.3 is 5.97 Å². The second-order valence-electron chi connectivity index (χ2n) is 8.23. The highest BCUT2D eigenvalue weighted by atomic mass is 19.1. The van der Waals surface area contributed by atoms with Crippen LogP contribution in [0.1, 0.15) is 93.0 Å². The molecule has 1 aromatic rings. The summed E-state index contributed by atoms with van der Waals surface area (Å²) in [5, 5.41) is 8.96. The third-order valence-corrected chi connectivity index (χ3v) is 6.72. The topological polar surface area (TPSA) is 37.3 Å². The van der Waals surface area contributed by atoms with Crippen LogP contribution in [0.25, 0.3) is 0 Å². The van der Waals surface area contributed by atoms with Gasteiger partial charge in [0, 0.05) is 0 Å². The van der Waals surface area contributed by atoms with Gasteiger partial charge in [-0.05, 0) is 79.9 Å². The molecule has 2 nitrogen and oxygen atoms in total. The fourth-order valence-electron chi connectivity index (χ4n) is 5.24. The summed E-state index contributed by atoms with van der Waals surface area (Å²) in [6.45, 7) is 2.29. The van der Waals surface area contributed by atoms with Gasteiger partial charge in [-0.2, -0.15) is 0 Å². The molecule has 1 aromatic carbocycles. The lowest BCUT2D eigenvalue weighted by Gasteiger charge is -2.38. The van der Waals surface area contributed by atoms with Crippen LogP contribution in [0.15, 0.2) is 18.2 Å². The standard InChI is InChI=1S/C22H31FO2/c1-2-3-15-4-6-16(7-5-15)17-8-10-18(11-9-17)19-12-13-20(22(24)25)21(23)14-19/h12-18H,2-11H2,1H3,(H,24,25)/t15-,16-,17-,18-. The highest BCUT2D eigenvalue weighted by molar-refractivity contribution is 5.87. The summed E-state index contributed by atoms with van der Waals surface area (Å²) in [6.07, 6.45) is 13.1. The third-order valence-electron chi connectivity index (χ3n) is 6.72. The van der Waals surface area contributed by atoms with Gasteiger partial charge in [0.15, 0.2) is 0 Å². The fourth-order valence-corrected chi connectivity index (χ4v) is 5.24. The van der Waals surface area contributed by atoms with Crippen LogP contribution in [-0.4, -0.2) is 11.1 Å². The monoisotopic (exact) mass is 346 g/mol. The van der Waals surface area contributed by atoms with Crippen LogP contribution in [0.2, 0.25) is 0 Å². The smallest absolute Gasteiger partial charge is 0.338 e. The molecular formula is C22H31FO2. The number of carboxylic acids is 1. The van der Waals surface area contributed by atoms with Crippen molar-refractivity contribution in [2.24, 2.45) is 17.8 Å². The first kappa shape index (κ1) is 18.4. The lowest BCUT2D eigenvalue weighted by atomic mass is 9.68. The van der Waals surface area contributed by atoms with E-state index in [0.29, 0.717) is 5.92 Å². The molecule has 3 heteroatoms. The van der Waals surface area contributed by atoms with Gasteiger partial charge in [0.25, 0.3) is 0 Å². The Kier molecular flexibility index (Phi) is 6.14. The Morgan fingerprint density at radius 1 is 1.04 bits per heavy atom. The van der Waals surface area contributed by atoms with Crippen LogP contribution in [0.4, 0.5) is 4.39 Å². The van der Waals surface area contributed by atoms with Crippen molar-refractivity contribution in [1.82, 2.24) is 0 Å². The van der Waals surface area contributed by atoms with Gasteiger partial charge in [0.1, 0.15) is 5.82 Å². The number of hydrogen-bond acceptors (Lipinski definition) is 1. The first-order valence-corrected chi connectivity index (χ1v) is 10.1. The molecule has 2 aliphatic rings. The highest BCUT2D eigenvalue weighted by Gasteiger charge is 2.31. The van der Waals surface area contributed by atoms with Crippen molar-refractivity contribution < 1.29 is 14.3 Å².